The Balaban J connectivity index is 1.72. The molecule has 0 aromatic carbocycles. The summed E-state index contributed by atoms with van der Waals surface area (Å²) in [6.45, 7) is 4.27. The van der Waals surface area contributed by atoms with E-state index in [9.17, 15) is 0 Å². The van der Waals surface area contributed by atoms with Crippen LogP contribution in [0.1, 0.15) is 30.2 Å². The van der Waals surface area contributed by atoms with Crippen LogP contribution in [0.3, 0.4) is 0 Å². The summed E-state index contributed by atoms with van der Waals surface area (Å²) in [5.74, 6) is 1.54. The van der Waals surface area contributed by atoms with Gasteiger partial charge < -0.3 is 10.2 Å². The molecular weight excluding hydrogens is 320 g/mol. The van der Waals surface area contributed by atoms with Gasteiger partial charge in [-0.1, -0.05) is 6.92 Å². The van der Waals surface area contributed by atoms with E-state index in [0.29, 0.717) is 0 Å². The highest BCUT2D eigenvalue weighted by atomic mass is 32.1. The first kappa shape index (κ1) is 15.8. The minimum atomic E-state index is 0.738. The van der Waals surface area contributed by atoms with Crippen molar-refractivity contribution in [1.82, 2.24) is 24.5 Å². The Labute approximate surface area is 145 Å². The summed E-state index contributed by atoms with van der Waals surface area (Å²) in [5.41, 5.74) is 2.40. The van der Waals surface area contributed by atoms with Gasteiger partial charge in [0.25, 0.3) is 0 Å². The number of thiophene rings is 1. The number of aryl methyl sites for hydroxylation is 1. The van der Waals surface area contributed by atoms with Crippen molar-refractivity contribution in [1.29, 1.82) is 0 Å². The molecule has 1 atom stereocenters. The summed E-state index contributed by atoms with van der Waals surface area (Å²) in [5, 5.41) is 9.06. The summed E-state index contributed by atoms with van der Waals surface area (Å²) >= 11 is 1.84. The van der Waals surface area contributed by atoms with Crippen molar-refractivity contribution in [3.8, 4) is 0 Å². The largest absolute Gasteiger partial charge is 0.354 e. The SMILES string of the molecule is CC1CCc2sc3nc(NCCCN(C)C)n4ncnc4c3c2C1. The maximum absolute atomic E-state index is 4.88. The van der Waals surface area contributed by atoms with Crippen LogP contribution in [0.5, 0.6) is 0 Å². The van der Waals surface area contributed by atoms with Gasteiger partial charge in [-0.25, -0.2) is 9.97 Å². The standard InChI is InChI=1S/C17H24N6S/c1-11-5-6-13-12(9-11)14-15-19-10-20-23(15)17(21-16(14)24-13)18-7-4-8-22(2)3/h10-11H,4-9H2,1-3H3,(H,18,21). The quantitative estimate of drug-likeness (QED) is 0.721. The van der Waals surface area contributed by atoms with Crippen molar-refractivity contribution >= 4 is 33.1 Å². The molecule has 24 heavy (non-hydrogen) atoms. The average Bonchev–Trinajstić information content (AvgIpc) is 3.14. The molecule has 0 fully saturated rings. The van der Waals surface area contributed by atoms with E-state index in [0.717, 1.165) is 48.3 Å². The summed E-state index contributed by atoms with van der Waals surface area (Å²) in [7, 11) is 4.19. The first-order valence-corrected chi connectivity index (χ1v) is 9.47. The van der Waals surface area contributed by atoms with Gasteiger partial charge in [-0.2, -0.15) is 9.61 Å². The number of hydrogen-bond acceptors (Lipinski definition) is 6. The fourth-order valence-electron chi connectivity index (χ4n) is 3.47. The normalized spacial score (nSPS) is 17.8. The molecule has 4 rings (SSSR count). The van der Waals surface area contributed by atoms with E-state index in [1.54, 1.807) is 6.33 Å². The Morgan fingerprint density at radius 2 is 2.29 bits per heavy atom. The van der Waals surface area contributed by atoms with E-state index in [4.69, 9.17) is 4.98 Å². The van der Waals surface area contributed by atoms with E-state index in [1.807, 2.05) is 15.9 Å². The predicted octanol–water partition coefficient (Wildman–Crippen LogP) is 2.83. The Morgan fingerprint density at radius 1 is 1.42 bits per heavy atom. The van der Waals surface area contributed by atoms with Crippen LogP contribution in [0, 0.1) is 5.92 Å². The third kappa shape index (κ3) is 2.75. The molecule has 0 radical (unpaired) electrons. The maximum Gasteiger partial charge on any atom is 0.227 e. The van der Waals surface area contributed by atoms with Crippen molar-refractivity contribution in [3.05, 3.63) is 16.8 Å². The number of nitrogens with one attached hydrogen (secondary N) is 1. The van der Waals surface area contributed by atoms with Crippen LogP contribution in [-0.2, 0) is 12.8 Å². The summed E-state index contributed by atoms with van der Waals surface area (Å²) in [6.07, 6.45) is 6.29. The average molecular weight is 344 g/mol. The molecule has 1 aliphatic rings. The molecule has 0 spiro atoms. The summed E-state index contributed by atoms with van der Waals surface area (Å²) in [6, 6.07) is 0. The fourth-order valence-corrected chi connectivity index (χ4v) is 4.68. The molecular formula is C17H24N6S. The molecule has 3 aromatic heterocycles. The molecule has 1 N–H and O–H groups in total. The first-order chi connectivity index (χ1) is 11.6. The van der Waals surface area contributed by atoms with Gasteiger partial charge in [0.1, 0.15) is 11.2 Å². The first-order valence-electron chi connectivity index (χ1n) is 8.66. The molecule has 3 heterocycles. The van der Waals surface area contributed by atoms with Gasteiger partial charge in [-0.05, 0) is 57.8 Å². The Hall–Kier alpha value is -1.73. The highest BCUT2D eigenvalue weighted by molar-refractivity contribution is 7.19. The van der Waals surface area contributed by atoms with Crippen molar-refractivity contribution in [2.45, 2.75) is 32.6 Å². The van der Waals surface area contributed by atoms with Gasteiger partial charge in [-0.3, -0.25) is 0 Å². The van der Waals surface area contributed by atoms with E-state index in [2.05, 4.69) is 41.3 Å². The third-order valence-electron chi connectivity index (χ3n) is 4.73. The highest BCUT2D eigenvalue weighted by Crippen LogP contribution is 2.39. The van der Waals surface area contributed by atoms with Gasteiger partial charge in [0.2, 0.25) is 5.95 Å². The van der Waals surface area contributed by atoms with Crippen LogP contribution in [0.2, 0.25) is 0 Å². The number of fused-ring (bicyclic) bond motifs is 5. The minimum absolute atomic E-state index is 0.738. The van der Waals surface area contributed by atoms with Crippen LogP contribution in [-0.4, -0.2) is 51.7 Å². The molecule has 128 valence electrons. The Kier molecular flexibility index (Phi) is 4.14. The second kappa shape index (κ2) is 6.29. The fraction of sp³-hybridized carbons (Fsp3) is 0.588. The number of anilines is 1. The third-order valence-corrected chi connectivity index (χ3v) is 5.92. The number of aromatic nitrogens is 4. The molecule has 0 amide bonds. The Bertz CT molecular complexity index is 865. The zero-order chi connectivity index (χ0) is 16.7. The predicted molar refractivity (Wildman–Crippen MR) is 99.0 cm³/mol. The molecule has 7 heteroatoms. The van der Waals surface area contributed by atoms with Crippen LogP contribution in [0.4, 0.5) is 5.95 Å². The van der Waals surface area contributed by atoms with Gasteiger partial charge in [-0.15, -0.1) is 11.3 Å². The van der Waals surface area contributed by atoms with Crippen molar-refractivity contribution in [2.75, 3.05) is 32.5 Å². The molecule has 1 unspecified atom stereocenters. The molecule has 1 aliphatic carbocycles. The van der Waals surface area contributed by atoms with E-state index < -0.39 is 0 Å². The molecule has 0 saturated heterocycles. The minimum Gasteiger partial charge on any atom is -0.354 e. The number of nitrogens with zero attached hydrogens (tertiary/aromatic N) is 5. The molecule has 0 aliphatic heterocycles. The van der Waals surface area contributed by atoms with Crippen molar-refractivity contribution in [2.24, 2.45) is 5.92 Å². The molecule has 6 nitrogen and oxygen atoms in total. The topological polar surface area (TPSA) is 58.4 Å². The summed E-state index contributed by atoms with van der Waals surface area (Å²) in [4.78, 5) is 14.2. The maximum atomic E-state index is 4.88. The second-order valence-electron chi connectivity index (χ2n) is 7.05. The smallest absolute Gasteiger partial charge is 0.227 e. The van der Waals surface area contributed by atoms with Crippen LogP contribution < -0.4 is 5.32 Å². The summed E-state index contributed by atoms with van der Waals surface area (Å²) < 4.78 is 1.87. The van der Waals surface area contributed by atoms with Gasteiger partial charge in [0.15, 0.2) is 5.65 Å². The van der Waals surface area contributed by atoms with Crippen molar-refractivity contribution in [3.63, 3.8) is 0 Å². The van der Waals surface area contributed by atoms with Gasteiger partial charge in [0, 0.05) is 11.4 Å². The van der Waals surface area contributed by atoms with E-state index in [-0.39, 0.29) is 0 Å². The van der Waals surface area contributed by atoms with Crippen LogP contribution in [0.25, 0.3) is 15.9 Å². The number of rotatable bonds is 5. The Morgan fingerprint density at radius 3 is 3.12 bits per heavy atom. The lowest BCUT2D eigenvalue weighted by molar-refractivity contribution is 0.405. The molecule has 0 saturated carbocycles. The highest BCUT2D eigenvalue weighted by Gasteiger charge is 2.24. The lowest BCUT2D eigenvalue weighted by Gasteiger charge is -2.18. The second-order valence-corrected chi connectivity index (χ2v) is 8.13. The lowest BCUT2D eigenvalue weighted by Crippen LogP contribution is -2.17. The zero-order valence-electron chi connectivity index (χ0n) is 14.5. The lowest BCUT2D eigenvalue weighted by atomic mass is 9.89. The van der Waals surface area contributed by atoms with Gasteiger partial charge in [0.05, 0.1) is 5.39 Å². The van der Waals surface area contributed by atoms with Crippen molar-refractivity contribution < 1.29 is 0 Å². The zero-order valence-corrected chi connectivity index (χ0v) is 15.4. The van der Waals surface area contributed by atoms with E-state index >= 15 is 0 Å². The number of hydrogen-bond donors (Lipinski definition) is 1. The van der Waals surface area contributed by atoms with Gasteiger partial charge >= 0.3 is 0 Å². The van der Waals surface area contributed by atoms with E-state index in [1.165, 1.54) is 28.7 Å². The molecule has 0 bridgehead atoms. The van der Waals surface area contributed by atoms with Crippen LogP contribution >= 0.6 is 11.3 Å². The molecule has 3 aromatic rings. The monoisotopic (exact) mass is 344 g/mol. The van der Waals surface area contributed by atoms with Crippen LogP contribution in [0.15, 0.2) is 6.33 Å².